The van der Waals surface area contributed by atoms with E-state index in [0.29, 0.717) is 45.7 Å². The van der Waals surface area contributed by atoms with Gasteiger partial charge >= 0.3 is 0 Å². The van der Waals surface area contributed by atoms with Gasteiger partial charge in [0, 0.05) is 26.1 Å². The predicted octanol–water partition coefficient (Wildman–Crippen LogP) is 3.85. The van der Waals surface area contributed by atoms with E-state index in [1.165, 1.54) is 0 Å². The van der Waals surface area contributed by atoms with Gasteiger partial charge in [0.15, 0.2) is 0 Å². The molecule has 5 rings (SSSR count). The third kappa shape index (κ3) is 6.24. The number of aryl methyl sites for hydroxylation is 1. The van der Waals surface area contributed by atoms with Crippen molar-refractivity contribution in [2.75, 3.05) is 32.8 Å². The fourth-order valence-electron chi connectivity index (χ4n) is 4.71. The Balaban J connectivity index is 1.14. The van der Waals surface area contributed by atoms with E-state index in [0.717, 1.165) is 40.0 Å². The van der Waals surface area contributed by atoms with Gasteiger partial charge in [-0.1, -0.05) is 66.7 Å². The van der Waals surface area contributed by atoms with Crippen molar-refractivity contribution >= 4 is 22.8 Å². The first-order chi connectivity index (χ1) is 18.2. The van der Waals surface area contributed by atoms with Gasteiger partial charge in [-0.2, -0.15) is 0 Å². The normalized spacial score (nSPS) is 13.6. The number of fused-ring (bicyclic) bond motifs is 1. The van der Waals surface area contributed by atoms with Crippen LogP contribution in [-0.2, 0) is 33.7 Å². The molecule has 1 aromatic heterocycles. The van der Waals surface area contributed by atoms with E-state index in [4.69, 9.17) is 9.72 Å². The molecule has 190 valence electrons. The van der Waals surface area contributed by atoms with E-state index >= 15 is 0 Å². The minimum Gasteiger partial charge on any atom is -0.378 e. The Hall–Kier alpha value is -3.97. The van der Waals surface area contributed by atoms with Crippen LogP contribution in [0.4, 0.5) is 0 Å². The Bertz CT molecular complexity index is 1340. The Labute approximate surface area is 217 Å². The van der Waals surface area contributed by atoms with Crippen LogP contribution in [-0.4, -0.2) is 59.1 Å². The van der Waals surface area contributed by atoms with E-state index < -0.39 is 0 Å². The Morgan fingerprint density at radius 2 is 1.57 bits per heavy atom. The van der Waals surface area contributed by atoms with Gasteiger partial charge in [-0.15, -0.1) is 0 Å². The topological polar surface area (TPSA) is 76.5 Å². The fourth-order valence-corrected chi connectivity index (χ4v) is 4.71. The van der Waals surface area contributed by atoms with Crippen LogP contribution < -0.4 is 5.32 Å². The molecule has 7 heteroatoms. The first-order valence-electron chi connectivity index (χ1n) is 12.9. The molecule has 0 bridgehead atoms. The van der Waals surface area contributed by atoms with Gasteiger partial charge < -0.3 is 19.5 Å². The smallest absolute Gasteiger partial charge is 0.242 e. The van der Waals surface area contributed by atoms with Gasteiger partial charge in [0.25, 0.3) is 0 Å². The van der Waals surface area contributed by atoms with Crippen LogP contribution in [0.25, 0.3) is 22.2 Å². The highest BCUT2D eigenvalue weighted by molar-refractivity contribution is 5.81. The molecule has 2 heterocycles. The monoisotopic (exact) mass is 496 g/mol. The fraction of sp³-hybridized carbons (Fsp3) is 0.300. The lowest BCUT2D eigenvalue weighted by molar-refractivity contribution is -0.135. The molecule has 1 aliphatic rings. The number of rotatable bonds is 9. The summed E-state index contributed by atoms with van der Waals surface area (Å²) >= 11 is 0. The Kier molecular flexibility index (Phi) is 7.91. The molecule has 7 nitrogen and oxygen atoms in total. The average molecular weight is 497 g/mol. The van der Waals surface area contributed by atoms with Crippen LogP contribution in [0.1, 0.15) is 17.8 Å². The van der Waals surface area contributed by atoms with Crippen LogP contribution in [0.5, 0.6) is 0 Å². The SMILES string of the molecule is O=C(Cc1ccc(-c2ccccc2)cc1)NCCCc1nc2ccccc2n1CC(=O)N1CCOCC1. The van der Waals surface area contributed by atoms with E-state index in [1.54, 1.807) is 0 Å². The first-order valence-corrected chi connectivity index (χ1v) is 12.9. The molecule has 4 aromatic rings. The largest absolute Gasteiger partial charge is 0.378 e. The molecule has 0 spiro atoms. The van der Waals surface area contributed by atoms with Crippen LogP contribution in [0.3, 0.4) is 0 Å². The Morgan fingerprint density at radius 3 is 2.35 bits per heavy atom. The maximum Gasteiger partial charge on any atom is 0.242 e. The van der Waals surface area contributed by atoms with Gasteiger partial charge in [-0.3, -0.25) is 9.59 Å². The van der Waals surface area contributed by atoms with Crippen molar-refractivity contribution in [3.8, 4) is 11.1 Å². The number of nitrogens with zero attached hydrogens (tertiary/aromatic N) is 3. The molecule has 1 N–H and O–H groups in total. The van der Waals surface area contributed by atoms with Crippen molar-refractivity contribution < 1.29 is 14.3 Å². The quantitative estimate of drug-likeness (QED) is 0.357. The zero-order valence-corrected chi connectivity index (χ0v) is 20.9. The standard InChI is InChI=1S/C30H32N4O3/c35-29(21-23-12-14-25(15-13-23)24-7-2-1-3-8-24)31-16-6-11-28-32-26-9-4-5-10-27(26)34(28)22-30(36)33-17-19-37-20-18-33/h1-5,7-10,12-15H,6,11,16-22H2,(H,31,35). The molecule has 0 aliphatic carbocycles. The van der Waals surface area contributed by atoms with Gasteiger partial charge in [-0.25, -0.2) is 4.98 Å². The first kappa shape index (κ1) is 24.7. The summed E-state index contributed by atoms with van der Waals surface area (Å²) in [6.45, 7) is 3.24. The molecule has 37 heavy (non-hydrogen) atoms. The number of para-hydroxylation sites is 2. The van der Waals surface area contributed by atoms with Crippen LogP contribution in [0.15, 0.2) is 78.9 Å². The minimum atomic E-state index is 0.00320. The lowest BCUT2D eigenvalue weighted by atomic mass is 10.0. The van der Waals surface area contributed by atoms with E-state index in [9.17, 15) is 9.59 Å². The molecule has 2 amide bonds. The zero-order chi connectivity index (χ0) is 25.5. The van der Waals surface area contributed by atoms with Crippen LogP contribution >= 0.6 is 0 Å². The number of nitrogens with one attached hydrogen (secondary N) is 1. The van der Waals surface area contributed by atoms with Crippen molar-refractivity contribution in [3.63, 3.8) is 0 Å². The summed E-state index contributed by atoms with van der Waals surface area (Å²) < 4.78 is 7.39. The molecule has 0 radical (unpaired) electrons. The van der Waals surface area contributed by atoms with Crippen LogP contribution in [0.2, 0.25) is 0 Å². The highest BCUT2D eigenvalue weighted by atomic mass is 16.5. The molecule has 1 aliphatic heterocycles. The average Bonchev–Trinajstić information content (AvgIpc) is 3.29. The van der Waals surface area contributed by atoms with E-state index in [-0.39, 0.29) is 18.4 Å². The third-order valence-corrected chi connectivity index (χ3v) is 6.72. The third-order valence-electron chi connectivity index (χ3n) is 6.72. The summed E-state index contributed by atoms with van der Waals surface area (Å²) in [6, 6.07) is 26.2. The van der Waals surface area contributed by atoms with Gasteiger partial charge in [0.05, 0.1) is 30.7 Å². The Morgan fingerprint density at radius 1 is 0.865 bits per heavy atom. The summed E-state index contributed by atoms with van der Waals surface area (Å²) in [5.74, 6) is 0.955. The van der Waals surface area contributed by atoms with Crippen LogP contribution in [0, 0.1) is 0 Å². The summed E-state index contributed by atoms with van der Waals surface area (Å²) in [6.07, 6.45) is 1.77. The number of hydrogen-bond donors (Lipinski definition) is 1. The summed E-state index contributed by atoms with van der Waals surface area (Å²) in [4.78, 5) is 32.1. The molecular weight excluding hydrogens is 464 g/mol. The summed E-state index contributed by atoms with van der Waals surface area (Å²) in [5, 5.41) is 3.03. The number of morpholine rings is 1. The number of amides is 2. The predicted molar refractivity (Wildman–Crippen MR) is 144 cm³/mol. The number of benzene rings is 3. The maximum absolute atomic E-state index is 12.9. The number of aromatic nitrogens is 2. The second-order valence-corrected chi connectivity index (χ2v) is 9.29. The number of imidazole rings is 1. The summed E-state index contributed by atoms with van der Waals surface area (Å²) in [5.41, 5.74) is 5.13. The number of ether oxygens (including phenoxy) is 1. The summed E-state index contributed by atoms with van der Waals surface area (Å²) in [7, 11) is 0. The van der Waals surface area contributed by atoms with Crippen molar-refractivity contribution in [2.24, 2.45) is 0 Å². The molecule has 1 saturated heterocycles. The zero-order valence-electron chi connectivity index (χ0n) is 20.9. The lowest BCUT2D eigenvalue weighted by Crippen LogP contribution is -2.42. The van der Waals surface area contributed by atoms with Gasteiger partial charge in [0.1, 0.15) is 12.4 Å². The lowest BCUT2D eigenvalue weighted by Gasteiger charge is -2.27. The van der Waals surface area contributed by atoms with Crippen molar-refractivity contribution in [2.45, 2.75) is 25.8 Å². The molecular formula is C30H32N4O3. The second kappa shape index (κ2) is 11.8. The minimum absolute atomic E-state index is 0.00320. The van der Waals surface area contributed by atoms with Gasteiger partial charge in [0.2, 0.25) is 11.8 Å². The van der Waals surface area contributed by atoms with Gasteiger partial charge in [-0.05, 0) is 35.2 Å². The maximum atomic E-state index is 12.9. The molecule has 0 saturated carbocycles. The molecule has 1 fully saturated rings. The van der Waals surface area contributed by atoms with E-state index in [2.05, 4.69) is 29.6 Å². The van der Waals surface area contributed by atoms with Crippen molar-refractivity contribution in [1.29, 1.82) is 0 Å². The molecule has 0 atom stereocenters. The van der Waals surface area contributed by atoms with Crippen molar-refractivity contribution in [1.82, 2.24) is 19.8 Å². The van der Waals surface area contributed by atoms with E-state index in [1.807, 2.05) is 64.1 Å². The van der Waals surface area contributed by atoms with Crippen molar-refractivity contribution in [3.05, 3.63) is 90.3 Å². The molecule has 3 aromatic carbocycles. The second-order valence-electron chi connectivity index (χ2n) is 9.29. The molecule has 0 unspecified atom stereocenters. The number of hydrogen-bond acceptors (Lipinski definition) is 4. The highest BCUT2D eigenvalue weighted by Crippen LogP contribution is 2.20. The number of carbonyl (C=O) groups is 2. The number of carbonyl (C=O) groups excluding carboxylic acids is 2. The highest BCUT2D eigenvalue weighted by Gasteiger charge is 2.20.